The van der Waals surface area contributed by atoms with Crippen molar-refractivity contribution in [2.24, 2.45) is 29.1 Å². The molecule has 2 atom stereocenters. The highest BCUT2D eigenvalue weighted by molar-refractivity contribution is 5.04. The molecular weight excluding hydrogens is 258 g/mol. The number of rotatable bonds is 6. The average molecular weight is 293 g/mol. The predicted molar refractivity (Wildman–Crippen MR) is 88.2 cm³/mol. The van der Waals surface area contributed by atoms with Crippen molar-refractivity contribution < 1.29 is 5.11 Å². The van der Waals surface area contributed by atoms with E-state index in [1.54, 1.807) is 0 Å². The molecule has 0 aromatic heterocycles. The van der Waals surface area contributed by atoms with Gasteiger partial charge >= 0.3 is 0 Å². The second-order valence-electron chi connectivity index (χ2n) is 9.21. The Morgan fingerprint density at radius 1 is 1.00 bits per heavy atom. The van der Waals surface area contributed by atoms with Gasteiger partial charge < -0.3 is 10.0 Å². The average Bonchev–Trinajstić information content (AvgIpc) is 2.35. The maximum Gasteiger partial charge on any atom is 0.0723 e. The summed E-state index contributed by atoms with van der Waals surface area (Å²) in [5.41, 5.74) is 0.278. The molecular formula is C19H35NO. The third kappa shape index (κ3) is 3.17. The molecule has 4 saturated carbocycles. The number of likely N-dealkylation sites (N-methyl/N-ethyl adjacent to an activating group) is 1. The lowest BCUT2D eigenvalue weighted by atomic mass is 9.48. The van der Waals surface area contributed by atoms with E-state index >= 15 is 0 Å². The number of nitrogens with zero attached hydrogens (tertiary/aromatic N) is 1. The van der Waals surface area contributed by atoms with E-state index in [4.69, 9.17) is 0 Å². The maximum absolute atomic E-state index is 11.0. The summed E-state index contributed by atoms with van der Waals surface area (Å²) >= 11 is 0. The molecule has 0 amide bonds. The Labute approximate surface area is 131 Å². The summed E-state index contributed by atoms with van der Waals surface area (Å²) in [5.74, 6) is 3.54. The summed E-state index contributed by atoms with van der Waals surface area (Å²) < 4.78 is 0. The van der Waals surface area contributed by atoms with Crippen molar-refractivity contribution in [3.63, 3.8) is 0 Å². The Morgan fingerprint density at radius 3 is 1.90 bits per heavy atom. The van der Waals surface area contributed by atoms with Gasteiger partial charge in [0, 0.05) is 12.6 Å². The summed E-state index contributed by atoms with van der Waals surface area (Å²) in [5, 5.41) is 11.0. The van der Waals surface area contributed by atoms with Crippen LogP contribution in [0.4, 0.5) is 0 Å². The molecule has 0 spiro atoms. The van der Waals surface area contributed by atoms with Gasteiger partial charge in [-0.15, -0.1) is 0 Å². The first-order chi connectivity index (χ1) is 9.88. The standard InChI is InChI=1S/C19H35NO/c1-13(2)5-14(3)20(4)12-18(21)19-9-15-6-16(10-19)8-17(7-15)11-19/h13-18,21H,5-12H2,1-4H3. The van der Waals surface area contributed by atoms with Crippen LogP contribution in [0.25, 0.3) is 0 Å². The molecule has 122 valence electrons. The summed E-state index contributed by atoms with van der Waals surface area (Å²) in [6, 6.07) is 0.577. The number of hydrogen-bond donors (Lipinski definition) is 1. The van der Waals surface area contributed by atoms with E-state index in [1.165, 1.54) is 44.9 Å². The molecule has 0 saturated heterocycles. The third-order valence-electron chi connectivity index (χ3n) is 6.82. The molecule has 0 aliphatic heterocycles. The fourth-order valence-corrected chi connectivity index (χ4v) is 6.09. The molecule has 2 nitrogen and oxygen atoms in total. The van der Waals surface area contributed by atoms with E-state index in [0.29, 0.717) is 6.04 Å². The lowest BCUT2D eigenvalue weighted by Crippen LogP contribution is -2.54. The summed E-state index contributed by atoms with van der Waals surface area (Å²) in [4.78, 5) is 2.41. The lowest BCUT2D eigenvalue weighted by molar-refractivity contribution is -0.127. The van der Waals surface area contributed by atoms with Crippen LogP contribution in [-0.4, -0.2) is 35.7 Å². The van der Waals surface area contributed by atoms with Crippen molar-refractivity contribution in [3.05, 3.63) is 0 Å². The minimum absolute atomic E-state index is 0.106. The summed E-state index contributed by atoms with van der Waals surface area (Å²) in [6.07, 6.45) is 9.45. The molecule has 4 fully saturated rings. The van der Waals surface area contributed by atoms with E-state index in [0.717, 1.165) is 30.2 Å². The smallest absolute Gasteiger partial charge is 0.0723 e. The van der Waals surface area contributed by atoms with Gasteiger partial charge in [0.15, 0.2) is 0 Å². The van der Waals surface area contributed by atoms with Crippen LogP contribution < -0.4 is 0 Å². The minimum atomic E-state index is -0.106. The van der Waals surface area contributed by atoms with Crippen molar-refractivity contribution in [3.8, 4) is 0 Å². The van der Waals surface area contributed by atoms with Crippen LogP contribution in [0, 0.1) is 29.1 Å². The van der Waals surface area contributed by atoms with Gasteiger partial charge in [-0.2, -0.15) is 0 Å². The van der Waals surface area contributed by atoms with Crippen molar-refractivity contribution in [1.82, 2.24) is 4.90 Å². The molecule has 1 N–H and O–H groups in total. The second-order valence-corrected chi connectivity index (χ2v) is 9.21. The first kappa shape index (κ1) is 15.8. The van der Waals surface area contributed by atoms with Gasteiger partial charge in [0.2, 0.25) is 0 Å². The lowest BCUT2D eigenvalue weighted by Gasteiger charge is -2.58. The van der Waals surface area contributed by atoms with Crippen molar-refractivity contribution >= 4 is 0 Å². The Morgan fingerprint density at radius 2 is 1.48 bits per heavy atom. The van der Waals surface area contributed by atoms with Gasteiger partial charge in [-0.1, -0.05) is 13.8 Å². The SMILES string of the molecule is CC(C)CC(C)N(C)CC(O)C12CC3CC(CC(C3)C1)C2. The number of aliphatic hydroxyl groups is 1. The molecule has 4 aliphatic rings. The van der Waals surface area contributed by atoms with E-state index in [2.05, 4.69) is 32.7 Å². The van der Waals surface area contributed by atoms with E-state index in [-0.39, 0.29) is 11.5 Å². The molecule has 2 heteroatoms. The molecule has 2 unspecified atom stereocenters. The molecule has 4 aliphatic carbocycles. The van der Waals surface area contributed by atoms with Gasteiger partial charge in [-0.05, 0) is 88.0 Å². The second kappa shape index (κ2) is 5.85. The quantitative estimate of drug-likeness (QED) is 0.802. The highest BCUT2D eigenvalue weighted by Crippen LogP contribution is 2.61. The molecule has 4 bridgehead atoms. The monoisotopic (exact) mass is 293 g/mol. The number of hydrogen-bond acceptors (Lipinski definition) is 2. The summed E-state index contributed by atoms with van der Waals surface area (Å²) in [7, 11) is 2.21. The third-order valence-corrected chi connectivity index (χ3v) is 6.82. The van der Waals surface area contributed by atoms with E-state index in [1.807, 2.05) is 0 Å². The highest BCUT2D eigenvalue weighted by atomic mass is 16.3. The van der Waals surface area contributed by atoms with E-state index in [9.17, 15) is 5.11 Å². The Balaban J connectivity index is 1.61. The van der Waals surface area contributed by atoms with Crippen LogP contribution in [0.3, 0.4) is 0 Å². The Hall–Kier alpha value is -0.0800. The van der Waals surface area contributed by atoms with Crippen LogP contribution in [0.15, 0.2) is 0 Å². The predicted octanol–water partition coefficient (Wildman–Crippen LogP) is 3.93. The number of aliphatic hydroxyl groups excluding tert-OH is 1. The first-order valence-corrected chi connectivity index (χ1v) is 9.26. The topological polar surface area (TPSA) is 23.5 Å². The normalized spacial score (nSPS) is 41.0. The van der Waals surface area contributed by atoms with Crippen LogP contribution in [0.5, 0.6) is 0 Å². The Kier molecular flexibility index (Phi) is 4.40. The fourth-order valence-electron chi connectivity index (χ4n) is 6.09. The molecule has 21 heavy (non-hydrogen) atoms. The van der Waals surface area contributed by atoms with Gasteiger partial charge in [-0.25, -0.2) is 0 Å². The molecule has 0 heterocycles. The van der Waals surface area contributed by atoms with Crippen LogP contribution in [0.1, 0.15) is 65.7 Å². The van der Waals surface area contributed by atoms with Crippen LogP contribution in [0.2, 0.25) is 0 Å². The zero-order chi connectivity index (χ0) is 15.2. The van der Waals surface area contributed by atoms with Crippen LogP contribution >= 0.6 is 0 Å². The molecule has 0 radical (unpaired) electrons. The van der Waals surface area contributed by atoms with Gasteiger partial charge in [0.25, 0.3) is 0 Å². The minimum Gasteiger partial charge on any atom is -0.391 e. The molecule has 0 aromatic rings. The highest BCUT2D eigenvalue weighted by Gasteiger charge is 2.54. The summed E-state index contributed by atoms with van der Waals surface area (Å²) in [6.45, 7) is 7.77. The Bertz CT molecular complexity index is 329. The first-order valence-electron chi connectivity index (χ1n) is 9.26. The van der Waals surface area contributed by atoms with Gasteiger partial charge in [-0.3, -0.25) is 0 Å². The van der Waals surface area contributed by atoms with Crippen molar-refractivity contribution in [2.75, 3.05) is 13.6 Å². The largest absolute Gasteiger partial charge is 0.391 e. The van der Waals surface area contributed by atoms with Gasteiger partial charge in [0.1, 0.15) is 0 Å². The van der Waals surface area contributed by atoms with E-state index < -0.39 is 0 Å². The maximum atomic E-state index is 11.0. The zero-order valence-electron chi connectivity index (χ0n) is 14.5. The fraction of sp³-hybridized carbons (Fsp3) is 1.00. The van der Waals surface area contributed by atoms with Crippen molar-refractivity contribution in [2.45, 2.75) is 77.9 Å². The van der Waals surface area contributed by atoms with Gasteiger partial charge in [0.05, 0.1) is 6.10 Å². The van der Waals surface area contributed by atoms with Crippen molar-refractivity contribution in [1.29, 1.82) is 0 Å². The molecule has 4 rings (SSSR count). The van der Waals surface area contributed by atoms with Crippen LogP contribution in [-0.2, 0) is 0 Å². The zero-order valence-corrected chi connectivity index (χ0v) is 14.5. The molecule has 0 aromatic carbocycles.